The molecule has 0 aliphatic rings. The van der Waals surface area contributed by atoms with E-state index in [1.54, 1.807) is 6.20 Å². The highest BCUT2D eigenvalue weighted by Gasteiger charge is 1.97. The van der Waals surface area contributed by atoms with Crippen molar-refractivity contribution in [3.8, 4) is 11.8 Å². The lowest BCUT2D eigenvalue weighted by atomic mass is 10.1. The van der Waals surface area contributed by atoms with Gasteiger partial charge in [-0.1, -0.05) is 12.0 Å². The van der Waals surface area contributed by atoms with E-state index in [9.17, 15) is 4.79 Å². The highest BCUT2D eigenvalue weighted by Crippen LogP contribution is 2.05. The number of hydrogen-bond acceptors (Lipinski definition) is 3. The van der Waals surface area contributed by atoms with Crippen molar-refractivity contribution >= 4 is 5.97 Å². The molecule has 0 bridgehead atoms. The Morgan fingerprint density at radius 1 is 1.53 bits per heavy atom. The lowest BCUT2D eigenvalue weighted by molar-refractivity contribution is -0.139. The van der Waals surface area contributed by atoms with Crippen molar-refractivity contribution in [1.82, 2.24) is 4.98 Å². The maximum atomic E-state index is 10.8. The van der Waals surface area contributed by atoms with E-state index in [-0.39, 0.29) is 12.4 Å². The topological polar surface area (TPSA) is 39.2 Å². The third-order valence-corrected chi connectivity index (χ3v) is 1.88. The van der Waals surface area contributed by atoms with Crippen LogP contribution in [0, 0.1) is 25.7 Å². The molecule has 3 nitrogen and oxygen atoms in total. The van der Waals surface area contributed by atoms with Gasteiger partial charge in [-0.25, -0.2) is 4.98 Å². The van der Waals surface area contributed by atoms with Crippen molar-refractivity contribution in [2.45, 2.75) is 20.3 Å². The molecule has 0 saturated carbocycles. The molecule has 0 fully saturated rings. The molecule has 1 rings (SSSR count). The molecule has 0 atom stereocenters. The van der Waals surface area contributed by atoms with E-state index < -0.39 is 0 Å². The Labute approximate surface area is 89.5 Å². The zero-order chi connectivity index (χ0) is 11.3. The predicted octanol–water partition coefficient (Wildman–Crippen LogP) is 1.61. The van der Waals surface area contributed by atoms with Crippen LogP contribution in [0.3, 0.4) is 0 Å². The first-order valence-corrected chi connectivity index (χ1v) is 4.62. The standard InChI is InChI=1S/C12H13NO2/c1-9-7-10(2)11(13-8-9)5-4-6-12(14)15-3/h7-8H,6H2,1-3H3. The highest BCUT2D eigenvalue weighted by atomic mass is 16.5. The fraction of sp³-hybridized carbons (Fsp3) is 0.333. The first-order valence-electron chi connectivity index (χ1n) is 4.62. The van der Waals surface area contributed by atoms with Crippen LogP contribution in [-0.4, -0.2) is 18.1 Å². The van der Waals surface area contributed by atoms with Gasteiger partial charge in [0.15, 0.2) is 0 Å². The smallest absolute Gasteiger partial charge is 0.317 e. The molecule has 0 saturated heterocycles. The zero-order valence-corrected chi connectivity index (χ0v) is 9.13. The molecule has 0 aliphatic heterocycles. The summed E-state index contributed by atoms with van der Waals surface area (Å²) in [5, 5.41) is 0. The number of pyridine rings is 1. The van der Waals surface area contributed by atoms with Crippen molar-refractivity contribution in [2.75, 3.05) is 7.11 Å². The Hall–Kier alpha value is -1.82. The van der Waals surface area contributed by atoms with Gasteiger partial charge >= 0.3 is 5.97 Å². The highest BCUT2D eigenvalue weighted by molar-refractivity contribution is 5.72. The van der Waals surface area contributed by atoms with Gasteiger partial charge in [-0.15, -0.1) is 0 Å². The van der Waals surface area contributed by atoms with E-state index in [0.29, 0.717) is 5.69 Å². The maximum absolute atomic E-state index is 10.8. The quantitative estimate of drug-likeness (QED) is 0.514. The summed E-state index contributed by atoms with van der Waals surface area (Å²) in [7, 11) is 1.35. The zero-order valence-electron chi connectivity index (χ0n) is 9.13. The molecule has 0 aromatic carbocycles. The van der Waals surface area contributed by atoms with Crippen LogP contribution in [0.15, 0.2) is 12.3 Å². The Bertz CT molecular complexity index is 427. The molecule has 0 unspecified atom stereocenters. The molecule has 0 spiro atoms. The normalized spacial score (nSPS) is 9.00. The first kappa shape index (κ1) is 11.3. The summed E-state index contributed by atoms with van der Waals surface area (Å²) in [6, 6.07) is 2.01. The Morgan fingerprint density at radius 2 is 2.27 bits per heavy atom. The van der Waals surface area contributed by atoms with Gasteiger partial charge in [-0.2, -0.15) is 0 Å². The number of nitrogens with zero attached hydrogens (tertiary/aromatic N) is 1. The number of rotatable bonds is 1. The van der Waals surface area contributed by atoms with Crippen LogP contribution in [0.25, 0.3) is 0 Å². The Balaban J connectivity index is 2.76. The SMILES string of the molecule is COC(=O)CC#Cc1ncc(C)cc1C. The summed E-state index contributed by atoms with van der Waals surface area (Å²) in [6.07, 6.45) is 1.86. The maximum Gasteiger partial charge on any atom is 0.317 e. The largest absolute Gasteiger partial charge is 0.468 e. The second-order valence-electron chi connectivity index (χ2n) is 3.23. The van der Waals surface area contributed by atoms with E-state index in [0.717, 1.165) is 11.1 Å². The molecule has 0 N–H and O–H groups in total. The summed E-state index contributed by atoms with van der Waals surface area (Å²) in [6.45, 7) is 3.92. The van der Waals surface area contributed by atoms with Crippen LogP contribution in [0.1, 0.15) is 23.2 Å². The van der Waals surface area contributed by atoms with E-state index in [1.807, 2.05) is 19.9 Å². The number of methoxy groups -OCH3 is 1. The van der Waals surface area contributed by atoms with Gasteiger partial charge in [-0.3, -0.25) is 4.79 Å². The summed E-state index contributed by atoms with van der Waals surface area (Å²) in [5.74, 6) is 5.24. The molecule has 0 amide bonds. The second-order valence-corrected chi connectivity index (χ2v) is 3.23. The van der Waals surface area contributed by atoms with Gasteiger partial charge < -0.3 is 4.74 Å². The number of aryl methyl sites for hydroxylation is 2. The molecule has 1 aromatic rings. The summed E-state index contributed by atoms with van der Waals surface area (Å²) in [4.78, 5) is 15.0. The van der Waals surface area contributed by atoms with Crippen LogP contribution in [0.5, 0.6) is 0 Å². The molecule has 3 heteroatoms. The number of carbonyl (C=O) groups is 1. The lowest BCUT2D eigenvalue weighted by Gasteiger charge is -1.97. The summed E-state index contributed by atoms with van der Waals surface area (Å²) < 4.78 is 4.48. The van der Waals surface area contributed by atoms with Crippen LogP contribution in [0.4, 0.5) is 0 Å². The predicted molar refractivity (Wildman–Crippen MR) is 57.2 cm³/mol. The summed E-state index contributed by atoms with van der Waals surface area (Å²) in [5.41, 5.74) is 2.84. The molecule has 78 valence electrons. The van der Waals surface area contributed by atoms with Crippen molar-refractivity contribution in [3.05, 3.63) is 29.1 Å². The monoisotopic (exact) mass is 203 g/mol. The minimum absolute atomic E-state index is 0.103. The molecule has 1 heterocycles. The Morgan fingerprint density at radius 3 is 2.87 bits per heavy atom. The molecule has 1 aromatic heterocycles. The van der Waals surface area contributed by atoms with Crippen LogP contribution in [0.2, 0.25) is 0 Å². The van der Waals surface area contributed by atoms with Crippen molar-refractivity contribution in [1.29, 1.82) is 0 Å². The van der Waals surface area contributed by atoms with Crippen LogP contribution < -0.4 is 0 Å². The second kappa shape index (κ2) is 5.16. The first-order chi connectivity index (χ1) is 7.13. The molecule has 0 radical (unpaired) electrons. The number of aromatic nitrogens is 1. The summed E-state index contributed by atoms with van der Waals surface area (Å²) >= 11 is 0. The third kappa shape index (κ3) is 3.43. The van der Waals surface area contributed by atoms with Gasteiger partial charge in [-0.05, 0) is 30.9 Å². The van der Waals surface area contributed by atoms with Crippen molar-refractivity contribution in [2.24, 2.45) is 0 Å². The van der Waals surface area contributed by atoms with Gasteiger partial charge in [0.25, 0.3) is 0 Å². The number of carbonyl (C=O) groups excluding carboxylic acids is 1. The number of esters is 1. The average molecular weight is 203 g/mol. The van der Waals surface area contributed by atoms with E-state index >= 15 is 0 Å². The minimum atomic E-state index is -0.327. The average Bonchev–Trinajstić information content (AvgIpc) is 2.21. The van der Waals surface area contributed by atoms with E-state index in [2.05, 4.69) is 21.6 Å². The van der Waals surface area contributed by atoms with Crippen molar-refractivity contribution in [3.63, 3.8) is 0 Å². The Kier molecular flexibility index (Phi) is 3.87. The van der Waals surface area contributed by atoms with Gasteiger partial charge in [0, 0.05) is 6.20 Å². The minimum Gasteiger partial charge on any atom is -0.468 e. The number of ether oxygens (including phenoxy) is 1. The van der Waals surface area contributed by atoms with Gasteiger partial charge in [0.1, 0.15) is 12.1 Å². The molecular weight excluding hydrogens is 190 g/mol. The van der Waals surface area contributed by atoms with Gasteiger partial charge in [0.2, 0.25) is 0 Å². The van der Waals surface area contributed by atoms with Crippen molar-refractivity contribution < 1.29 is 9.53 Å². The number of hydrogen-bond donors (Lipinski definition) is 0. The molecule has 15 heavy (non-hydrogen) atoms. The van der Waals surface area contributed by atoms with Crippen LogP contribution >= 0.6 is 0 Å². The van der Waals surface area contributed by atoms with Crippen LogP contribution in [-0.2, 0) is 9.53 Å². The molecule has 0 aliphatic carbocycles. The fourth-order valence-electron chi connectivity index (χ4n) is 1.12. The van der Waals surface area contributed by atoms with E-state index in [1.165, 1.54) is 7.11 Å². The van der Waals surface area contributed by atoms with E-state index in [4.69, 9.17) is 0 Å². The fourth-order valence-corrected chi connectivity index (χ4v) is 1.12. The lowest BCUT2D eigenvalue weighted by Crippen LogP contribution is -1.97. The van der Waals surface area contributed by atoms with Gasteiger partial charge in [0.05, 0.1) is 7.11 Å². The molecular formula is C12H13NO2. The third-order valence-electron chi connectivity index (χ3n) is 1.88.